The fourth-order valence-corrected chi connectivity index (χ4v) is 3.03. The molecule has 0 aliphatic rings. The van der Waals surface area contributed by atoms with Crippen LogP contribution >= 0.6 is 23.2 Å². The molecule has 0 aromatic heterocycles. The summed E-state index contributed by atoms with van der Waals surface area (Å²) in [5, 5.41) is 3.64. The van der Waals surface area contributed by atoms with Crippen molar-refractivity contribution in [1.29, 1.82) is 0 Å². The fraction of sp³-hybridized carbons (Fsp3) is 0.136. The van der Waals surface area contributed by atoms with Crippen molar-refractivity contribution >= 4 is 29.1 Å². The number of ether oxygens (including phenoxy) is 1. The summed E-state index contributed by atoms with van der Waals surface area (Å²) in [4.78, 5) is 12.8. The molecule has 1 amide bonds. The van der Waals surface area contributed by atoms with E-state index in [1.165, 1.54) is 12.1 Å². The van der Waals surface area contributed by atoms with Crippen LogP contribution < -0.4 is 10.1 Å². The lowest BCUT2D eigenvalue weighted by Crippen LogP contribution is -2.27. The van der Waals surface area contributed by atoms with Crippen LogP contribution in [-0.4, -0.2) is 5.91 Å². The van der Waals surface area contributed by atoms with E-state index in [4.69, 9.17) is 27.9 Å². The van der Waals surface area contributed by atoms with Crippen LogP contribution in [0.4, 0.5) is 4.39 Å². The van der Waals surface area contributed by atoms with E-state index in [-0.39, 0.29) is 24.1 Å². The third-order valence-electron chi connectivity index (χ3n) is 4.23. The minimum Gasteiger partial charge on any atom is -0.488 e. The van der Waals surface area contributed by atoms with Gasteiger partial charge in [-0.25, -0.2) is 4.39 Å². The van der Waals surface area contributed by atoms with Crippen molar-refractivity contribution in [3.05, 3.63) is 99.3 Å². The maximum Gasteiger partial charge on any atom is 0.255 e. The predicted octanol–water partition coefficient (Wildman–Crippen LogP) is 6.20. The van der Waals surface area contributed by atoms with Crippen molar-refractivity contribution in [2.75, 3.05) is 0 Å². The smallest absolute Gasteiger partial charge is 0.255 e. The van der Waals surface area contributed by atoms with E-state index in [0.29, 0.717) is 21.4 Å². The quantitative estimate of drug-likeness (QED) is 0.518. The third-order valence-corrected chi connectivity index (χ3v) is 4.70. The standard InChI is InChI=1S/C22H18Cl2FNO2/c1-14(15-5-3-2-4-6-15)26-22(27)19-11-17(23)9-10-21(19)28-13-16-7-8-18(24)12-20(16)25/h2-12,14H,13H2,1H3,(H,26,27)/t14-/m0/s1. The van der Waals surface area contributed by atoms with Crippen molar-refractivity contribution in [1.82, 2.24) is 5.32 Å². The molecule has 3 aromatic rings. The molecule has 0 spiro atoms. The van der Waals surface area contributed by atoms with E-state index in [0.717, 1.165) is 5.56 Å². The Hall–Kier alpha value is -2.56. The normalized spacial score (nSPS) is 11.7. The van der Waals surface area contributed by atoms with Gasteiger partial charge in [-0.05, 0) is 42.8 Å². The van der Waals surface area contributed by atoms with E-state index in [2.05, 4.69) is 5.32 Å². The minimum atomic E-state index is -0.467. The number of hydrogen-bond acceptors (Lipinski definition) is 2. The number of halogens is 3. The van der Waals surface area contributed by atoms with Gasteiger partial charge in [0, 0.05) is 15.6 Å². The first kappa shape index (κ1) is 20.2. The van der Waals surface area contributed by atoms with Crippen LogP contribution in [0.15, 0.2) is 66.7 Å². The number of benzene rings is 3. The summed E-state index contributed by atoms with van der Waals surface area (Å²) in [7, 11) is 0. The Morgan fingerprint density at radius 1 is 1.04 bits per heavy atom. The molecule has 3 aromatic carbocycles. The topological polar surface area (TPSA) is 38.3 Å². The maximum atomic E-state index is 14.0. The van der Waals surface area contributed by atoms with Gasteiger partial charge in [-0.3, -0.25) is 4.79 Å². The lowest BCUT2D eigenvalue weighted by Gasteiger charge is -2.17. The lowest BCUT2D eigenvalue weighted by molar-refractivity contribution is 0.0935. The molecular weight excluding hydrogens is 400 g/mol. The average Bonchev–Trinajstić information content (AvgIpc) is 2.68. The monoisotopic (exact) mass is 417 g/mol. The first-order chi connectivity index (χ1) is 13.4. The minimum absolute atomic E-state index is 0.0425. The Morgan fingerprint density at radius 3 is 2.43 bits per heavy atom. The fourth-order valence-electron chi connectivity index (χ4n) is 2.70. The van der Waals surface area contributed by atoms with Crippen molar-refractivity contribution < 1.29 is 13.9 Å². The first-order valence-electron chi connectivity index (χ1n) is 8.66. The van der Waals surface area contributed by atoms with Crippen LogP contribution in [-0.2, 0) is 6.61 Å². The molecule has 0 radical (unpaired) electrons. The first-order valence-corrected chi connectivity index (χ1v) is 9.41. The van der Waals surface area contributed by atoms with Crippen molar-refractivity contribution in [3.8, 4) is 5.75 Å². The van der Waals surface area contributed by atoms with E-state index in [1.54, 1.807) is 24.3 Å². The molecule has 3 rings (SSSR count). The molecule has 0 fully saturated rings. The summed E-state index contributed by atoms with van der Waals surface area (Å²) in [5.74, 6) is -0.480. The van der Waals surface area contributed by atoms with Crippen LogP contribution in [0.5, 0.6) is 5.75 Å². The highest BCUT2D eigenvalue weighted by Crippen LogP contribution is 2.26. The summed E-state index contributed by atoms with van der Waals surface area (Å²) in [6.07, 6.45) is 0. The van der Waals surface area contributed by atoms with Crippen LogP contribution in [0.25, 0.3) is 0 Å². The molecule has 1 atom stereocenters. The molecular formula is C22H18Cl2FNO2. The molecule has 6 heteroatoms. The Morgan fingerprint density at radius 2 is 1.71 bits per heavy atom. The van der Waals surface area contributed by atoms with Gasteiger partial charge >= 0.3 is 0 Å². The number of hydrogen-bond donors (Lipinski definition) is 1. The predicted molar refractivity (Wildman–Crippen MR) is 110 cm³/mol. The zero-order chi connectivity index (χ0) is 20.1. The molecule has 0 aliphatic carbocycles. The van der Waals surface area contributed by atoms with Gasteiger partial charge in [0.1, 0.15) is 18.2 Å². The summed E-state index contributed by atoms with van der Waals surface area (Å²) in [6.45, 7) is 1.85. The van der Waals surface area contributed by atoms with E-state index < -0.39 is 5.82 Å². The highest BCUT2D eigenvalue weighted by Gasteiger charge is 2.17. The molecule has 0 saturated heterocycles. The molecule has 0 bridgehead atoms. The lowest BCUT2D eigenvalue weighted by atomic mass is 10.1. The Kier molecular flexibility index (Phi) is 6.55. The second-order valence-corrected chi connectivity index (χ2v) is 7.14. The van der Waals surface area contributed by atoms with Crippen molar-refractivity contribution in [2.45, 2.75) is 19.6 Å². The molecule has 144 valence electrons. The van der Waals surface area contributed by atoms with E-state index >= 15 is 0 Å². The van der Waals surface area contributed by atoms with Crippen LogP contribution in [0, 0.1) is 5.82 Å². The highest BCUT2D eigenvalue weighted by atomic mass is 35.5. The second kappa shape index (κ2) is 9.09. The molecule has 0 saturated carbocycles. The number of carbonyl (C=O) groups excluding carboxylic acids is 1. The Labute approximate surface area is 173 Å². The van der Waals surface area contributed by atoms with Gasteiger partial charge in [0.05, 0.1) is 11.6 Å². The summed E-state index contributed by atoms with van der Waals surface area (Å²) in [6, 6.07) is 18.5. The molecule has 0 unspecified atom stereocenters. The molecule has 0 heterocycles. The highest BCUT2D eigenvalue weighted by molar-refractivity contribution is 6.31. The number of carbonyl (C=O) groups is 1. The van der Waals surface area contributed by atoms with Crippen molar-refractivity contribution in [3.63, 3.8) is 0 Å². The number of rotatable bonds is 6. The molecule has 0 aliphatic heterocycles. The number of nitrogens with one attached hydrogen (secondary N) is 1. The average molecular weight is 418 g/mol. The van der Waals surface area contributed by atoms with Gasteiger partial charge in [0.15, 0.2) is 0 Å². The maximum absolute atomic E-state index is 14.0. The molecule has 1 N–H and O–H groups in total. The largest absolute Gasteiger partial charge is 0.488 e. The zero-order valence-corrected chi connectivity index (χ0v) is 16.6. The van der Waals surface area contributed by atoms with E-state index in [9.17, 15) is 9.18 Å². The number of amides is 1. The van der Waals surface area contributed by atoms with Crippen LogP contribution in [0.2, 0.25) is 10.0 Å². The summed E-state index contributed by atoms with van der Waals surface area (Å²) in [5.41, 5.74) is 1.59. The van der Waals surface area contributed by atoms with Gasteiger partial charge in [0.25, 0.3) is 5.91 Å². The Bertz CT molecular complexity index is 980. The SMILES string of the molecule is C[C@H](NC(=O)c1cc(Cl)ccc1OCc1ccc(Cl)cc1F)c1ccccc1. The van der Waals surface area contributed by atoms with E-state index in [1.807, 2.05) is 37.3 Å². The zero-order valence-electron chi connectivity index (χ0n) is 15.1. The molecule has 28 heavy (non-hydrogen) atoms. The van der Waals surface area contributed by atoms with Crippen molar-refractivity contribution in [2.24, 2.45) is 0 Å². The van der Waals surface area contributed by atoms with Crippen LogP contribution in [0.1, 0.15) is 34.5 Å². The van der Waals surface area contributed by atoms with Gasteiger partial charge < -0.3 is 10.1 Å². The second-order valence-electron chi connectivity index (χ2n) is 6.27. The van der Waals surface area contributed by atoms with Gasteiger partial charge in [-0.15, -0.1) is 0 Å². The third kappa shape index (κ3) is 5.03. The van der Waals surface area contributed by atoms with Gasteiger partial charge in [-0.2, -0.15) is 0 Å². The van der Waals surface area contributed by atoms with Gasteiger partial charge in [-0.1, -0.05) is 59.6 Å². The van der Waals surface area contributed by atoms with Gasteiger partial charge in [0.2, 0.25) is 0 Å². The Balaban J connectivity index is 1.77. The summed E-state index contributed by atoms with van der Waals surface area (Å²) < 4.78 is 19.7. The molecule has 3 nitrogen and oxygen atoms in total. The van der Waals surface area contributed by atoms with Crippen LogP contribution in [0.3, 0.4) is 0 Å². The summed E-state index contributed by atoms with van der Waals surface area (Å²) >= 11 is 11.8.